The minimum atomic E-state index is -2.90. The highest BCUT2D eigenvalue weighted by Gasteiger charge is 2.28. The van der Waals surface area contributed by atoms with Crippen molar-refractivity contribution in [3.63, 3.8) is 0 Å². The highest BCUT2D eigenvalue weighted by atomic mass is 32.2. The molecule has 26 heavy (non-hydrogen) atoms. The smallest absolute Gasteiger partial charge is 0.234 e. The maximum absolute atomic E-state index is 12.0. The van der Waals surface area contributed by atoms with Gasteiger partial charge in [0.1, 0.15) is 12.4 Å². The van der Waals surface area contributed by atoms with Gasteiger partial charge in [-0.1, -0.05) is 30.3 Å². The van der Waals surface area contributed by atoms with Crippen LogP contribution in [0.3, 0.4) is 0 Å². The summed E-state index contributed by atoms with van der Waals surface area (Å²) in [7, 11) is -2.90. The molecule has 1 fully saturated rings. The standard InChI is InChI=1S/C19H21NO4S2/c21-19(13-25-18-10-11-26(22,23)14-18)20-16-6-8-17(9-7-16)24-12-15-4-2-1-3-5-15/h1-9,18H,10-14H2,(H,20,21)/t18-/m0/s1. The Kier molecular flexibility index (Phi) is 6.21. The van der Waals surface area contributed by atoms with Gasteiger partial charge in [-0.25, -0.2) is 8.42 Å². The van der Waals surface area contributed by atoms with Crippen molar-refractivity contribution >= 4 is 33.2 Å². The van der Waals surface area contributed by atoms with E-state index in [4.69, 9.17) is 4.74 Å². The Balaban J connectivity index is 1.42. The van der Waals surface area contributed by atoms with E-state index in [0.29, 0.717) is 18.7 Å². The van der Waals surface area contributed by atoms with Crippen molar-refractivity contribution in [2.24, 2.45) is 0 Å². The molecule has 1 aliphatic heterocycles. The predicted molar refractivity (Wildman–Crippen MR) is 105 cm³/mol. The first-order valence-corrected chi connectivity index (χ1v) is 11.3. The average Bonchev–Trinajstić information content (AvgIpc) is 2.99. The molecule has 0 bridgehead atoms. The highest BCUT2D eigenvalue weighted by molar-refractivity contribution is 8.02. The third-order valence-electron chi connectivity index (χ3n) is 4.03. The molecule has 1 amide bonds. The molecule has 0 saturated carbocycles. The van der Waals surface area contributed by atoms with Gasteiger partial charge in [0.15, 0.2) is 9.84 Å². The van der Waals surface area contributed by atoms with E-state index in [2.05, 4.69) is 5.32 Å². The molecule has 3 rings (SSSR count). The third-order valence-corrected chi connectivity index (χ3v) is 7.31. The number of anilines is 1. The zero-order valence-electron chi connectivity index (χ0n) is 14.3. The summed E-state index contributed by atoms with van der Waals surface area (Å²) in [6, 6.07) is 17.1. The van der Waals surface area contributed by atoms with Gasteiger partial charge in [-0.05, 0) is 36.2 Å². The van der Waals surface area contributed by atoms with Crippen LogP contribution >= 0.6 is 11.8 Å². The number of carbonyl (C=O) groups is 1. The first-order valence-electron chi connectivity index (χ1n) is 8.39. The van der Waals surface area contributed by atoms with Crippen LogP contribution < -0.4 is 10.1 Å². The van der Waals surface area contributed by atoms with Crippen LogP contribution in [-0.2, 0) is 21.2 Å². The van der Waals surface area contributed by atoms with Gasteiger partial charge in [0, 0.05) is 10.9 Å². The first kappa shape index (κ1) is 18.8. The van der Waals surface area contributed by atoms with Gasteiger partial charge in [0.25, 0.3) is 0 Å². The predicted octanol–water partition coefficient (Wildman–Crippen LogP) is 3.12. The monoisotopic (exact) mass is 391 g/mol. The van der Waals surface area contributed by atoms with Gasteiger partial charge in [0.2, 0.25) is 5.91 Å². The number of hydrogen-bond acceptors (Lipinski definition) is 5. The van der Waals surface area contributed by atoms with Gasteiger partial charge < -0.3 is 10.1 Å². The largest absolute Gasteiger partial charge is 0.489 e. The second kappa shape index (κ2) is 8.60. The van der Waals surface area contributed by atoms with Crippen LogP contribution in [0.1, 0.15) is 12.0 Å². The van der Waals surface area contributed by atoms with E-state index in [1.165, 1.54) is 11.8 Å². The second-order valence-electron chi connectivity index (χ2n) is 6.18. The van der Waals surface area contributed by atoms with E-state index >= 15 is 0 Å². The van der Waals surface area contributed by atoms with Gasteiger partial charge in [-0.15, -0.1) is 11.8 Å². The van der Waals surface area contributed by atoms with Gasteiger partial charge >= 0.3 is 0 Å². The summed E-state index contributed by atoms with van der Waals surface area (Å²) in [5, 5.41) is 2.85. The lowest BCUT2D eigenvalue weighted by molar-refractivity contribution is -0.113. The van der Waals surface area contributed by atoms with Crippen LogP contribution in [0.25, 0.3) is 0 Å². The molecule has 0 unspecified atom stereocenters. The Morgan fingerprint density at radius 2 is 1.85 bits per heavy atom. The van der Waals surface area contributed by atoms with Crippen LogP contribution in [0.5, 0.6) is 5.75 Å². The third kappa shape index (κ3) is 5.78. The van der Waals surface area contributed by atoms with Crippen molar-refractivity contribution in [1.82, 2.24) is 0 Å². The molecule has 138 valence electrons. The summed E-state index contributed by atoms with van der Waals surface area (Å²) in [6.07, 6.45) is 0.633. The zero-order valence-corrected chi connectivity index (χ0v) is 15.9. The maximum atomic E-state index is 12.0. The molecule has 2 aromatic carbocycles. The maximum Gasteiger partial charge on any atom is 0.234 e. The molecule has 0 radical (unpaired) electrons. The Hall–Kier alpha value is -1.99. The average molecular weight is 392 g/mol. The number of thioether (sulfide) groups is 1. The number of ether oxygens (including phenoxy) is 1. The Morgan fingerprint density at radius 3 is 2.50 bits per heavy atom. The normalized spacial score (nSPS) is 18.4. The minimum absolute atomic E-state index is 0.0273. The van der Waals surface area contributed by atoms with E-state index in [0.717, 1.165) is 11.3 Å². The summed E-state index contributed by atoms with van der Waals surface area (Å²) in [5.74, 6) is 1.27. The fourth-order valence-corrected chi connectivity index (χ4v) is 6.10. The SMILES string of the molecule is O=C(CS[C@H]1CCS(=O)(=O)C1)Nc1ccc(OCc2ccccc2)cc1. The first-order chi connectivity index (χ1) is 12.5. The molecule has 1 saturated heterocycles. The van der Waals surface area contributed by atoms with Crippen molar-refractivity contribution in [3.05, 3.63) is 60.2 Å². The van der Waals surface area contributed by atoms with Crippen LogP contribution in [0.15, 0.2) is 54.6 Å². The fourth-order valence-electron chi connectivity index (χ4n) is 2.66. The van der Waals surface area contributed by atoms with Crippen molar-refractivity contribution < 1.29 is 17.9 Å². The molecule has 1 N–H and O–H groups in total. The van der Waals surface area contributed by atoms with Crippen LogP contribution in [0, 0.1) is 0 Å². The molecule has 0 spiro atoms. The molecular formula is C19H21NO4S2. The topological polar surface area (TPSA) is 72.5 Å². The number of sulfone groups is 1. The van der Waals surface area contributed by atoms with Crippen molar-refractivity contribution in [1.29, 1.82) is 0 Å². The number of benzene rings is 2. The molecule has 0 aliphatic carbocycles. The summed E-state index contributed by atoms with van der Waals surface area (Å²) in [5.41, 5.74) is 1.79. The number of amides is 1. The van der Waals surface area contributed by atoms with Crippen LogP contribution in [0.4, 0.5) is 5.69 Å². The minimum Gasteiger partial charge on any atom is -0.489 e. The Bertz CT molecular complexity index is 836. The van der Waals surface area contributed by atoms with Crippen LogP contribution in [-0.4, -0.2) is 36.8 Å². The molecule has 5 nitrogen and oxygen atoms in total. The van der Waals surface area contributed by atoms with Gasteiger partial charge in [-0.2, -0.15) is 0 Å². The lowest BCUT2D eigenvalue weighted by atomic mass is 10.2. The molecule has 1 aliphatic rings. The lowest BCUT2D eigenvalue weighted by Gasteiger charge is -2.10. The van der Waals surface area contributed by atoms with E-state index < -0.39 is 9.84 Å². The summed E-state index contributed by atoms with van der Waals surface area (Å²) in [6.45, 7) is 0.494. The quantitative estimate of drug-likeness (QED) is 0.785. The van der Waals surface area contributed by atoms with E-state index in [1.54, 1.807) is 12.1 Å². The fraction of sp³-hybridized carbons (Fsp3) is 0.316. The molecule has 1 heterocycles. The highest BCUT2D eigenvalue weighted by Crippen LogP contribution is 2.24. The van der Waals surface area contributed by atoms with Crippen molar-refractivity contribution in [2.75, 3.05) is 22.6 Å². The summed E-state index contributed by atoms with van der Waals surface area (Å²) < 4.78 is 28.6. The molecule has 0 aromatic heterocycles. The molecule has 2 aromatic rings. The molecule has 7 heteroatoms. The Morgan fingerprint density at radius 1 is 1.12 bits per heavy atom. The molecule has 1 atom stereocenters. The van der Waals surface area contributed by atoms with E-state index in [-0.39, 0.29) is 28.4 Å². The van der Waals surface area contributed by atoms with E-state index in [9.17, 15) is 13.2 Å². The number of rotatable bonds is 7. The van der Waals surface area contributed by atoms with Gasteiger partial charge in [0.05, 0.1) is 17.3 Å². The number of hydrogen-bond donors (Lipinski definition) is 1. The lowest BCUT2D eigenvalue weighted by Crippen LogP contribution is -2.17. The van der Waals surface area contributed by atoms with Crippen LogP contribution in [0.2, 0.25) is 0 Å². The van der Waals surface area contributed by atoms with Gasteiger partial charge in [-0.3, -0.25) is 4.79 Å². The number of carbonyl (C=O) groups excluding carboxylic acids is 1. The number of nitrogens with one attached hydrogen (secondary N) is 1. The zero-order chi connectivity index (χ0) is 18.4. The van der Waals surface area contributed by atoms with E-state index in [1.807, 2.05) is 42.5 Å². The second-order valence-corrected chi connectivity index (χ2v) is 9.70. The summed E-state index contributed by atoms with van der Waals surface area (Å²) in [4.78, 5) is 12.0. The van der Waals surface area contributed by atoms with Crippen molar-refractivity contribution in [3.8, 4) is 5.75 Å². The summed E-state index contributed by atoms with van der Waals surface area (Å²) >= 11 is 1.41. The Labute approximate surface area is 158 Å². The molecular weight excluding hydrogens is 370 g/mol. The van der Waals surface area contributed by atoms with Crippen molar-refractivity contribution in [2.45, 2.75) is 18.3 Å².